The minimum Gasteiger partial charge on any atom is -0.394 e. The summed E-state index contributed by atoms with van der Waals surface area (Å²) in [4.78, 5) is 35.7. The molecule has 0 aliphatic rings. The van der Waals surface area contributed by atoms with Gasteiger partial charge >= 0.3 is 0 Å². The Morgan fingerprint density at radius 3 is 1.63 bits per heavy atom. The normalized spacial score (nSPS) is 12.9. The van der Waals surface area contributed by atoms with Crippen LogP contribution in [0.25, 0.3) is 0 Å². The predicted octanol–water partition coefficient (Wildman–Crippen LogP) is 2.44. The van der Waals surface area contributed by atoms with Crippen molar-refractivity contribution in [3.63, 3.8) is 0 Å². The number of carbonyl (C=O) groups excluding carboxylic acids is 3. The maximum atomic E-state index is 12.5. The third-order valence-corrected chi connectivity index (χ3v) is 8.58. The molecule has 1 atom stereocenters. The van der Waals surface area contributed by atoms with Crippen molar-refractivity contribution in [2.24, 2.45) is 11.3 Å². The second kappa shape index (κ2) is 25.6. The number of carbonyl (C=O) groups is 3. The molecule has 276 valence electrons. The molecule has 0 aromatic heterocycles. The lowest BCUT2D eigenvalue weighted by Crippen LogP contribution is -2.49. The molecule has 13 nitrogen and oxygen atoms in total. The fourth-order valence-corrected chi connectivity index (χ4v) is 4.23. The molecular formula is C32H67N3O10S. The summed E-state index contributed by atoms with van der Waals surface area (Å²) >= 11 is 0. The highest BCUT2D eigenvalue weighted by atomic mass is 32.2. The zero-order valence-electron chi connectivity index (χ0n) is 30.7. The highest BCUT2D eigenvalue weighted by Crippen LogP contribution is 2.26. The van der Waals surface area contributed by atoms with E-state index in [0.717, 1.165) is 0 Å². The maximum Gasteiger partial charge on any atom is 0.266 e. The van der Waals surface area contributed by atoms with Crippen LogP contribution in [0, 0.1) is 11.3 Å². The number of hydrogen-bond acceptors (Lipinski definition) is 12. The van der Waals surface area contributed by atoms with Gasteiger partial charge in [-0.2, -0.15) is 8.42 Å². The van der Waals surface area contributed by atoms with Crippen molar-refractivity contribution < 1.29 is 46.7 Å². The van der Waals surface area contributed by atoms with E-state index < -0.39 is 33.0 Å². The summed E-state index contributed by atoms with van der Waals surface area (Å²) in [5, 5.41) is 17.7. The predicted molar refractivity (Wildman–Crippen MR) is 183 cm³/mol. The van der Waals surface area contributed by atoms with Crippen molar-refractivity contribution in [2.75, 3.05) is 72.1 Å². The molecule has 0 saturated carbocycles. The Morgan fingerprint density at radius 2 is 1.24 bits per heavy atom. The Labute approximate surface area is 279 Å². The first-order chi connectivity index (χ1) is 21.1. The van der Waals surface area contributed by atoms with Crippen molar-refractivity contribution in [3.8, 4) is 0 Å². The van der Waals surface area contributed by atoms with Crippen molar-refractivity contribution in [2.45, 2.75) is 106 Å². The minimum absolute atomic E-state index is 0.0382. The SMILES string of the molecule is CC.CC(=O)C(C)(C)C(C)C.CNC(CCC(=O)C(C)(C)NCCOCCOCC(=O)C(C)(C)NCCOCCO)CS(=O)(=O)O. The molecule has 0 saturated heterocycles. The Kier molecular flexibility index (Phi) is 27.3. The smallest absolute Gasteiger partial charge is 0.266 e. The van der Waals surface area contributed by atoms with Crippen LogP contribution in [0.3, 0.4) is 0 Å². The van der Waals surface area contributed by atoms with E-state index in [1.807, 2.05) is 27.7 Å². The Hall–Kier alpha value is -1.36. The van der Waals surface area contributed by atoms with Crippen molar-refractivity contribution >= 4 is 27.5 Å². The molecule has 0 fully saturated rings. The van der Waals surface area contributed by atoms with Crippen LogP contribution >= 0.6 is 0 Å². The number of aliphatic hydroxyl groups excluding tert-OH is 1. The van der Waals surface area contributed by atoms with E-state index in [1.54, 1.807) is 41.7 Å². The molecule has 0 aromatic rings. The summed E-state index contributed by atoms with van der Waals surface area (Å²) in [7, 11) is -2.54. The van der Waals surface area contributed by atoms with Gasteiger partial charge in [-0.3, -0.25) is 18.9 Å². The van der Waals surface area contributed by atoms with Crippen LogP contribution in [0.4, 0.5) is 0 Å². The van der Waals surface area contributed by atoms with Crippen molar-refractivity contribution in [3.05, 3.63) is 0 Å². The molecule has 0 bridgehead atoms. The summed E-state index contributed by atoms with van der Waals surface area (Å²) in [6, 6.07) is -0.507. The number of ether oxygens (including phenoxy) is 3. The fraction of sp³-hybridized carbons (Fsp3) is 0.906. The van der Waals surface area contributed by atoms with E-state index in [9.17, 15) is 22.8 Å². The molecule has 1 unspecified atom stereocenters. The zero-order valence-corrected chi connectivity index (χ0v) is 31.5. The fourth-order valence-electron chi connectivity index (χ4n) is 3.39. The molecule has 0 aliphatic heterocycles. The largest absolute Gasteiger partial charge is 0.394 e. The van der Waals surface area contributed by atoms with Crippen LogP contribution < -0.4 is 16.0 Å². The number of hydrogen-bond donors (Lipinski definition) is 5. The van der Waals surface area contributed by atoms with Gasteiger partial charge in [0, 0.05) is 31.0 Å². The molecule has 0 spiro atoms. The molecule has 0 aromatic carbocycles. The first-order valence-corrected chi connectivity index (χ1v) is 17.8. The van der Waals surface area contributed by atoms with Gasteiger partial charge in [0.1, 0.15) is 12.4 Å². The number of aliphatic hydroxyl groups is 1. The summed E-state index contributed by atoms with van der Waals surface area (Å²) in [5.74, 6) is 0.0953. The van der Waals surface area contributed by atoms with Crippen LogP contribution in [0.1, 0.15) is 89.0 Å². The number of nitrogens with one attached hydrogen (secondary N) is 3. The highest BCUT2D eigenvalue weighted by molar-refractivity contribution is 7.85. The molecule has 5 N–H and O–H groups in total. The van der Waals surface area contributed by atoms with Crippen LogP contribution in [-0.4, -0.2) is 125 Å². The second-order valence-electron chi connectivity index (χ2n) is 12.7. The third kappa shape index (κ3) is 24.8. The van der Waals surface area contributed by atoms with Crippen LogP contribution in [0.2, 0.25) is 0 Å². The molecule has 0 rings (SSSR count). The zero-order chi connectivity index (χ0) is 36.6. The summed E-state index contributed by atoms with van der Waals surface area (Å²) in [5.41, 5.74) is -1.71. The first kappa shape index (κ1) is 49.0. The Morgan fingerprint density at radius 1 is 0.783 bits per heavy atom. The maximum absolute atomic E-state index is 12.5. The average Bonchev–Trinajstić information content (AvgIpc) is 2.96. The molecule has 0 radical (unpaired) electrons. The van der Waals surface area contributed by atoms with E-state index >= 15 is 0 Å². The highest BCUT2D eigenvalue weighted by Gasteiger charge is 2.29. The minimum atomic E-state index is -4.11. The second-order valence-corrected chi connectivity index (χ2v) is 14.2. The van der Waals surface area contributed by atoms with E-state index in [2.05, 4.69) is 29.8 Å². The van der Waals surface area contributed by atoms with Crippen molar-refractivity contribution in [1.82, 2.24) is 16.0 Å². The first-order valence-electron chi connectivity index (χ1n) is 16.2. The number of ketones is 3. The number of Topliss-reactive ketones (excluding diaryl/α,β-unsaturated/α-hetero) is 3. The molecule has 46 heavy (non-hydrogen) atoms. The third-order valence-electron chi connectivity index (χ3n) is 7.75. The summed E-state index contributed by atoms with van der Waals surface area (Å²) < 4.78 is 47.0. The van der Waals surface area contributed by atoms with E-state index in [4.69, 9.17) is 23.9 Å². The van der Waals surface area contributed by atoms with Crippen LogP contribution in [0.5, 0.6) is 0 Å². The van der Waals surface area contributed by atoms with E-state index in [0.29, 0.717) is 38.8 Å². The van der Waals surface area contributed by atoms with Gasteiger partial charge in [-0.05, 0) is 54.0 Å². The van der Waals surface area contributed by atoms with Gasteiger partial charge < -0.3 is 35.3 Å². The lowest BCUT2D eigenvalue weighted by Gasteiger charge is -2.26. The topological polar surface area (TPSA) is 190 Å². The molecule has 0 amide bonds. The number of rotatable bonds is 25. The molecular weight excluding hydrogens is 618 g/mol. The van der Waals surface area contributed by atoms with Gasteiger partial charge in [-0.1, -0.05) is 41.5 Å². The van der Waals surface area contributed by atoms with Gasteiger partial charge in [0.05, 0.1) is 56.5 Å². The quantitative estimate of drug-likeness (QED) is 0.0697. The van der Waals surface area contributed by atoms with Gasteiger partial charge in [-0.15, -0.1) is 0 Å². The van der Waals surface area contributed by atoms with Crippen LogP contribution in [-0.2, 0) is 38.7 Å². The molecule has 14 heteroatoms. The van der Waals surface area contributed by atoms with Gasteiger partial charge in [0.25, 0.3) is 10.1 Å². The standard InChI is InChI=1S/C22H45N3O9S.C8H16O.C2H6/c1-21(2,19(27)7-6-18(23-5)17-35(29,30)31)24-9-12-33-14-15-34-16-20(28)22(3,4)25-8-11-32-13-10-26;1-6(2)8(4,5)7(3)9;1-2/h18,23-26H,6-17H2,1-5H3,(H,29,30,31);6H,1-5H3;1-2H3. The lowest BCUT2D eigenvalue weighted by molar-refractivity contribution is -0.129. The summed E-state index contributed by atoms with van der Waals surface area (Å²) in [6.07, 6.45) is 0.446. The summed E-state index contributed by atoms with van der Waals surface area (Å²) in [6.45, 7) is 23.2. The van der Waals surface area contributed by atoms with Gasteiger partial charge in [-0.25, -0.2) is 0 Å². The Bertz CT molecular complexity index is 938. The van der Waals surface area contributed by atoms with E-state index in [-0.39, 0.29) is 62.0 Å². The molecule has 0 aliphatic carbocycles. The average molecular weight is 686 g/mol. The Balaban J connectivity index is -0.00000143. The van der Waals surface area contributed by atoms with Gasteiger partial charge in [0.15, 0.2) is 11.6 Å². The van der Waals surface area contributed by atoms with Gasteiger partial charge in [0.2, 0.25) is 0 Å². The van der Waals surface area contributed by atoms with E-state index in [1.165, 1.54) is 0 Å². The molecule has 0 heterocycles. The van der Waals surface area contributed by atoms with Crippen LogP contribution in [0.15, 0.2) is 0 Å². The lowest BCUT2D eigenvalue weighted by atomic mass is 9.78. The van der Waals surface area contributed by atoms with Crippen molar-refractivity contribution in [1.29, 1.82) is 0 Å². The monoisotopic (exact) mass is 685 g/mol.